The zero-order valence-corrected chi connectivity index (χ0v) is 7.01. The molecule has 0 saturated heterocycles. The maximum absolute atomic E-state index is 10.3. The summed E-state index contributed by atoms with van der Waals surface area (Å²) in [6.07, 6.45) is 1.23. The normalized spacial score (nSPS) is 10.3. The van der Waals surface area contributed by atoms with Gasteiger partial charge in [0.15, 0.2) is 11.5 Å². The predicted octanol–water partition coefficient (Wildman–Crippen LogP) is 0.957. The van der Waals surface area contributed by atoms with Crippen molar-refractivity contribution in [3.05, 3.63) is 24.1 Å². The van der Waals surface area contributed by atoms with Gasteiger partial charge in [0.1, 0.15) is 6.26 Å². The zero-order valence-electron chi connectivity index (χ0n) is 7.01. The van der Waals surface area contributed by atoms with E-state index in [-0.39, 0.29) is 6.42 Å². The van der Waals surface area contributed by atoms with Crippen molar-refractivity contribution in [2.45, 2.75) is 6.42 Å². The van der Waals surface area contributed by atoms with Gasteiger partial charge in [-0.1, -0.05) is 10.3 Å². The van der Waals surface area contributed by atoms with Gasteiger partial charge in [0, 0.05) is 12.1 Å². The Morgan fingerprint density at radius 3 is 3.00 bits per heavy atom. The highest BCUT2D eigenvalue weighted by atomic mass is 16.5. The molecule has 2 heterocycles. The van der Waals surface area contributed by atoms with E-state index in [0.29, 0.717) is 17.1 Å². The molecule has 0 radical (unpaired) electrons. The summed E-state index contributed by atoms with van der Waals surface area (Å²) in [6, 6.07) is 3.12. The molecule has 2 aromatic heterocycles. The Hall–Kier alpha value is -2.11. The van der Waals surface area contributed by atoms with Gasteiger partial charge in [0.05, 0.1) is 12.1 Å². The van der Waals surface area contributed by atoms with E-state index in [4.69, 9.17) is 9.63 Å². The second kappa shape index (κ2) is 3.33. The Morgan fingerprint density at radius 2 is 2.36 bits per heavy atom. The molecule has 0 spiro atoms. The SMILES string of the molecule is O=C(O)Cc1cc(-c2ccon2)on1. The molecule has 0 atom stereocenters. The number of carboxylic acid groups (broad SMARTS) is 1. The molecule has 2 aromatic rings. The molecule has 0 unspecified atom stereocenters. The molecular weight excluding hydrogens is 188 g/mol. The van der Waals surface area contributed by atoms with Crippen molar-refractivity contribution in [1.29, 1.82) is 0 Å². The first-order chi connectivity index (χ1) is 6.75. The molecule has 0 fully saturated rings. The molecule has 1 N–H and O–H groups in total. The summed E-state index contributed by atoms with van der Waals surface area (Å²) < 4.78 is 9.48. The average Bonchev–Trinajstić information content (AvgIpc) is 2.69. The second-order valence-electron chi connectivity index (χ2n) is 2.64. The van der Waals surface area contributed by atoms with Crippen molar-refractivity contribution < 1.29 is 18.9 Å². The van der Waals surface area contributed by atoms with E-state index in [1.54, 1.807) is 6.07 Å². The molecule has 0 aliphatic heterocycles. The number of aliphatic carboxylic acids is 1. The van der Waals surface area contributed by atoms with Crippen LogP contribution in [-0.2, 0) is 11.2 Å². The van der Waals surface area contributed by atoms with E-state index in [1.165, 1.54) is 12.3 Å². The van der Waals surface area contributed by atoms with Crippen molar-refractivity contribution in [3.63, 3.8) is 0 Å². The fourth-order valence-corrected chi connectivity index (χ4v) is 1.01. The summed E-state index contributed by atoms with van der Waals surface area (Å²) in [4.78, 5) is 10.3. The fourth-order valence-electron chi connectivity index (χ4n) is 1.01. The molecule has 0 aliphatic rings. The minimum atomic E-state index is -0.954. The van der Waals surface area contributed by atoms with Gasteiger partial charge in [-0.15, -0.1) is 0 Å². The van der Waals surface area contributed by atoms with Crippen LogP contribution in [-0.4, -0.2) is 21.4 Å². The Bertz CT molecular complexity index is 432. The van der Waals surface area contributed by atoms with E-state index in [9.17, 15) is 4.79 Å². The first-order valence-corrected chi connectivity index (χ1v) is 3.84. The molecule has 6 heteroatoms. The highest BCUT2D eigenvalue weighted by molar-refractivity contribution is 5.70. The average molecular weight is 194 g/mol. The van der Waals surface area contributed by atoms with Gasteiger partial charge < -0.3 is 14.2 Å². The molecule has 2 rings (SSSR count). The number of hydrogen-bond donors (Lipinski definition) is 1. The number of rotatable bonds is 3. The van der Waals surface area contributed by atoms with E-state index < -0.39 is 5.97 Å². The molecule has 6 nitrogen and oxygen atoms in total. The Morgan fingerprint density at radius 1 is 1.50 bits per heavy atom. The lowest BCUT2D eigenvalue weighted by atomic mass is 10.2. The first kappa shape index (κ1) is 8.49. The van der Waals surface area contributed by atoms with Crippen molar-refractivity contribution in [2.24, 2.45) is 0 Å². The molecule has 0 aliphatic carbocycles. The summed E-state index contributed by atoms with van der Waals surface area (Å²) >= 11 is 0. The number of carboxylic acids is 1. The smallest absolute Gasteiger partial charge is 0.309 e. The lowest BCUT2D eigenvalue weighted by molar-refractivity contribution is -0.136. The van der Waals surface area contributed by atoms with Crippen LogP contribution in [0.4, 0.5) is 0 Å². The minimum absolute atomic E-state index is 0.165. The third kappa shape index (κ3) is 1.63. The number of hydrogen-bond acceptors (Lipinski definition) is 5. The Labute approximate surface area is 78.1 Å². The highest BCUT2D eigenvalue weighted by Gasteiger charge is 2.11. The van der Waals surface area contributed by atoms with E-state index in [0.717, 1.165) is 0 Å². The number of carbonyl (C=O) groups is 1. The van der Waals surface area contributed by atoms with Gasteiger partial charge >= 0.3 is 5.97 Å². The van der Waals surface area contributed by atoms with Gasteiger partial charge in [-0.2, -0.15) is 0 Å². The zero-order chi connectivity index (χ0) is 9.97. The van der Waals surface area contributed by atoms with Gasteiger partial charge in [0.25, 0.3) is 0 Å². The monoisotopic (exact) mass is 194 g/mol. The van der Waals surface area contributed by atoms with Crippen LogP contribution >= 0.6 is 0 Å². The highest BCUT2D eigenvalue weighted by Crippen LogP contribution is 2.17. The van der Waals surface area contributed by atoms with Crippen LogP contribution in [0.15, 0.2) is 27.4 Å². The van der Waals surface area contributed by atoms with Crippen molar-refractivity contribution >= 4 is 5.97 Å². The molecule has 14 heavy (non-hydrogen) atoms. The van der Waals surface area contributed by atoms with Crippen LogP contribution in [0.1, 0.15) is 5.69 Å². The summed E-state index contributed by atoms with van der Waals surface area (Å²) in [6.45, 7) is 0. The Kier molecular flexibility index (Phi) is 2.02. The predicted molar refractivity (Wildman–Crippen MR) is 43.3 cm³/mol. The van der Waals surface area contributed by atoms with Crippen LogP contribution in [0.2, 0.25) is 0 Å². The minimum Gasteiger partial charge on any atom is -0.481 e. The summed E-state index contributed by atoms with van der Waals surface area (Å²) in [5.41, 5.74) is 0.852. The van der Waals surface area contributed by atoms with Crippen LogP contribution in [0.25, 0.3) is 11.5 Å². The van der Waals surface area contributed by atoms with Crippen LogP contribution < -0.4 is 0 Å². The van der Waals surface area contributed by atoms with E-state index in [2.05, 4.69) is 14.8 Å². The first-order valence-electron chi connectivity index (χ1n) is 3.84. The Balaban J connectivity index is 2.22. The van der Waals surface area contributed by atoms with Crippen molar-refractivity contribution in [2.75, 3.05) is 0 Å². The van der Waals surface area contributed by atoms with E-state index in [1.807, 2.05) is 0 Å². The second-order valence-corrected chi connectivity index (χ2v) is 2.64. The number of nitrogens with zero attached hydrogens (tertiary/aromatic N) is 2. The van der Waals surface area contributed by atoms with Gasteiger partial charge in [-0.3, -0.25) is 4.79 Å². The third-order valence-electron chi connectivity index (χ3n) is 1.58. The summed E-state index contributed by atoms with van der Waals surface area (Å²) in [7, 11) is 0. The number of aromatic nitrogens is 2. The molecule has 0 aromatic carbocycles. The maximum Gasteiger partial charge on any atom is 0.309 e. The van der Waals surface area contributed by atoms with Crippen molar-refractivity contribution in [1.82, 2.24) is 10.3 Å². The maximum atomic E-state index is 10.3. The molecule has 0 bridgehead atoms. The molecule has 0 amide bonds. The van der Waals surface area contributed by atoms with Gasteiger partial charge in [-0.25, -0.2) is 0 Å². The van der Waals surface area contributed by atoms with E-state index >= 15 is 0 Å². The third-order valence-corrected chi connectivity index (χ3v) is 1.58. The van der Waals surface area contributed by atoms with Crippen molar-refractivity contribution in [3.8, 4) is 11.5 Å². The lowest BCUT2D eigenvalue weighted by Crippen LogP contribution is -1.99. The van der Waals surface area contributed by atoms with Crippen LogP contribution in [0.5, 0.6) is 0 Å². The molecular formula is C8H6N2O4. The quantitative estimate of drug-likeness (QED) is 0.782. The fraction of sp³-hybridized carbons (Fsp3) is 0.125. The van der Waals surface area contributed by atoms with Crippen LogP contribution in [0, 0.1) is 0 Å². The summed E-state index contributed by atoms with van der Waals surface area (Å²) in [5, 5.41) is 15.7. The van der Waals surface area contributed by atoms with Gasteiger partial charge in [-0.05, 0) is 0 Å². The van der Waals surface area contributed by atoms with Gasteiger partial charge in [0.2, 0.25) is 0 Å². The lowest BCUT2D eigenvalue weighted by Gasteiger charge is -1.83. The molecule has 72 valence electrons. The topological polar surface area (TPSA) is 89.4 Å². The molecule has 0 saturated carbocycles. The van der Waals surface area contributed by atoms with Crippen LogP contribution in [0.3, 0.4) is 0 Å². The summed E-state index contributed by atoms with van der Waals surface area (Å²) in [5.74, 6) is -0.556. The standard InChI is InChI=1S/C8H6N2O4/c11-8(12)4-5-3-7(14-9-5)6-1-2-13-10-6/h1-3H,4H2,(H,11,12). The largest absolute Gasteiger partial charge is 0.481 e.